The van der Waals surface area contributed by atoms with E-state index in [9.17, 15) is 24.9 Å². The maximum Gasteiger partial charge on any atom is 0.190 e. The molecule has 28 heavy (non-hydrogen) atoms. The Bertz CT molecular complexity index is 859. The molecule has 0 aromatic carbocycles. The zero-order valence-corrected chi connectivity index (χ0v) is 17.2. The summed E-state index contributed by atoms with van der Waals surface area (Å²) in [5.41, 5.74) is -1.56. The summed E-state index contributed by atoms with van der Waals surface area (Å²) in [5, 5.41) is 32.0. The van der Waals surface area contributed by atoms with E-state index in [0.717, 1.165) is 11.1 Å². The molecule has 6 heteroatoms. The van der Waals surface area contributed by atoms with Gasteiger partial charge in [-0.3, -0.25) is 9.59 Å². The van der Waals surface area contributed by atoms with Gasteiger partial charge in [-0.15, -0.1) is 11.6 Å². The molecule has 0 heterocycles. The third kappa shape index (κ3) is 2.08. The second-order valence-electron chi connectivity index (χ2n) is 9.36. The Balaban J connectivity index is 1.90. The third-order valence-corrected chi connectivity index (χ3v) is 9.18. The van der Waals surface area contributed by atoms with Gasteiger partial charge in [-0.1, -0.05) is 31.6 Å². The van der Waals surface area contributed by atoms with Crippen molar-refractivity contribution in [1.29, 1.82) is 0 Å². The van der Waals surface area contributed by atoms with Gasteiger partial charge in [0.05, 0.1) is 11.0 Å². The van der Waals surface area contributed by atoms with Gasteiger partial charge in [-0.05, 0) is 49.8 Å². The van der Waals surface area contributed by atoms with E-state index >= 15 is 0 Å². The molecule has 3 N–H and O–H groups in total. The van der Waals surface area contributed by atoms with Crippen molar-refractivity contribution < 1.29 is 24.9 Å². The van der Waals surface area contributed by atoms with Crippen LogP contribution in [-0.4, -0.2) is 50.1 Å². The van der Waals surface area contributed by atoms with Gasteiger partial charge in [-0.2, -0.15) is 0 Å². The number of alkyl halides is 1. The molecule has 0 amide bonds. The highest BCUT2D eigenvalue weighted by molar-refractivity contribution is 6.26. The number of aliphatic hydroxyl groups excluding tert-OH is 2. The Morgan fingerprint density at radius 1 is 1.36 bits per heavy atom. The predicted molar refractivity (Wildman–Crippen MR) is 105 cm³/mol. The molecule has 1 unspecified atom stereocenters. The zero-order valence-electron chi connectivity index (χ0n) is 16.4. The number of fused-ring (bicyclic) bond motifs is 5. The number of carbonyl (C=O) groups is 2. The number of aliphatic hydroxyl groups is 3. The largest absolute Gasteiger partial charge is 0.391 e. The van der Waals surface area contributed by atoms with Gasteiger partial charge in [-0.25, -0.2) is 0 Å². The van der Waals surface area contributed by atoms with E-state index in [-0.39, 0.29) is 30.5 Å². The quantitative estimate of drug-likeness (QED) is 0.610. The van der Waals surface area contributed by atoms with E-state index in [1.54, 1.807) is 12.2 Å². The topological polar surface area (TPSA) is 94.8 Å². The first-order valence-electron chi connectivity index (χ1n) is 9.83. The summed E-state index contributed by atoms with van der Waals surface area (Å²) in [7, 11) is 0. The molecule has 4 aliphatic carbocycles. The second kappa shape index (κ2) is 5.88. The van der Waals surface area contributed by atoms with Crippen LogP contribution < -0.4 is 0 Å². The fourth-order valence-corrected chi connectivity index (χ4v) is 7.11. The van der Waals surface area contributed by atoms with Crippen molar-refractivity contribution in [3.8, 4) is 0 Å². The number of rotatable bonds is 2. The van der Waals surface area contributed by atoms with Crippen molar-refractivity contribution in [2.75, 3.05) is 6.61 Å². The lowest BCUT2D eigenvalue weighted by molar-refractivity contribution is -0.169. The number of carbonyl (C=O) groups excluding carboxylic acids is 2. The summed E-state index contributed by atoms with van der Waals surface area (Å²) < 4.78 is 0. The monoisotopic (exact) mass is 406 g/mol. The van der Waals surface area contributed by atoms with Crippen molar-refractivity contribution in [3.63, 3.8) is 0 Å². The number of ketones is 2. The van der Waals surface area contributed by atoms with Gasteiger partial charge >= 0.3 is 0 Å². The van der Waals surface area contributed by atoms with E-state index in [4.69, 9.17) is 11.6 Å². The van der Waals surface area contributed by atoms with Gasteiger partial charge in [0.15, 0.2) is 11.6 Å². The molecule has 0 spiro atoms. The number of hydrogen-bond acceptors (Lipinski definition) is 5. The third-order valence-electron chi connectivity index (χ3n) is 8.28. The average Bonchev–Trinajstić information content (AvgIpc) is 2.91. The lowest BCUT2D eigenvalue weighted by atomic mass is 9.46. The van der Waals surface area contributed by atoms with Gasteiger partial charge < -0.3 is 15.3 Å². The number of halogens is 1. The highest BCUT2D eigenvalue weighted by Gasteiger charge is 2.72. The van der Waals surface area contributed by atoms with Crippen molar-refractivity contribution in [1.82, 2.24) is 0 Å². The van der Waals surface area contributed by atoms with Gasteiger partial charge in [0.1, 0.15) is 12.2 Å². The van der Waals surface area contributed by atoms with Crippen molar-refractivity contribution in [3.05, 3.63) is 35.5 Å². The molecule has 4 rings (SSSR count). The van der Waals surface area contributed by atoms with Crippen LogP contribution in [0.5, 0.6) is 0 Å². The summed E-state index contributed by atoms with van der Waals surface area (Å²) in [5.74, 6) is -1.12. The summed E-state index contributed by atoms with van der Waals surface area (Å²) >= 11 is 7.28. The van der Waals surface area contributed by atoms with Crippen LogP contribution in [0.4, 0.5) is 0 Å². The number of allylic oxidation sites excluding steroid dienone is 6. The molecule has 5 nitrogen and oxygen atoms in total. The van der Waals surface area contributed by atoms with Crippen molar-refractivity contribution in [2.24, 2.45) is 22.7 Å². The highest BCUT2D eigenvalue weighted by atomic mass is 35.5. The lowest BCUT2D eigenvalue weighted by Crippen LogP contribution is -2.68. The molecule has 0 aromatic heterocycles. The molecule has 2 fully saturated rings. The van der Waals surface area contributed by atoms with Crippen LogP contribution in [0.1, 0.15) is 40.0 Å². The summed E-state index contributed by atoms with van der Waals surface area (Å²) in [4.78, 5) is 23.3. The SMILES string of the molecule is CC1=C[C@H]2[C@@H]3CC[C@](O)(C(=O)CO)[C@@]3(C)CC(O)[C@]2(Cl)[C@@]2(C)C=CC(=O)C=C12. The molecule has 152 valence electrons. The summed E-state index contributed by atoms with van der Waals surface area (Å²) in [6.45, 7) is 4.99. The van der Waals surface area contributed by atoms with E-state index < -0.39 is 39.8 Å². The maximum atomic E-state index is 12.4. The smallest absolute Gasteiger partial charge is 0.190 e. The van der Waals surface area contributed by atoms with Crippen molar-refractivity contribution >= 4 is 23.2 Å². The molecule has 0 bridgehead atoms. The number of hydrogen-bond donors (Lipinski definition) is 3. The van der Waals surface area contributed by atoms with E-state index in [1.807, 2.05) is 26.8 Å². The molecule has 7 atom stereocenters. The van der Waals surface area contributed by atoms with E-state index in [0.29, 0.717) is 6.42 Å². The summed E-state index contributed by atoms with van der Waals surface area (Å²) in [6.07, 6.45) is 6.86. The standard InChI is InChI=1S/C22H27ClO5/c1-12-8-16-14-5-7-21(28,18(27)11-24)20(14,3)10-17(26)22(16,23)19(2)6-4-13(25)9-15(12)19/h4,6,8-9,14,16-17,24,26,28H,5,7,10-11H2,1-3H3/t14-,16-,17?,19-,20-,21-,22-/m0/s1. The molecule has 4 aliphatic rings. The van der Waals surface area contributed by atoms with Crippen LogP contribution in [0.25, 0.3) is 0 Å². The summed E-state index contributed by atoms with van der Waals surface area (Å²) in [6, 6.07) is 0. The second-order valence-corrected chi connectivity index (χ2v) is 9.99. The first-order valence-corrected chi connectivity index (χ1v) is 10.2. The first kappa shape index (κ1) is 20.0. The van der Waals surface area contributed by atoms with E-state index in [2.05, 4.69) is 0 Å². The van der Waals surface area contributed by atoms with Crippen LogP contribution in [0.2, 0.25) is 0 Å². The minimum atomic E-state index is -1.68. The lowest BCUT2D eigenvalue weighted by Gasteiger charge is -2.62. The fraction of sp³-hybridized carbons (Fsp3) is 0.636. The molecular formula is C22H27ClO5. The average molecular weight is 407 g/mol. The Hall–Kier alpha value is -1.27. The van der Waals surface area contributed by atoms with E-state index in [1.165, 1.54) is 6.08 Å². The van der Waals surface area contributed by atoms with Crippen LogP contribution in [0.15, 0.2) is 35.5 Å². The Morgan fingerprint density at radius 2 is 2.04 bits per heavy atom. The molecule has 0 aromatic rings. The van der Waals surface area contributed by atoms with Crippen LogP contribution in [0.3, 0.4) is 0 Å². The molecule has 0 radical (unpaired) electrons. The maximum absolute atomic E-state index is 12.4. The van der Waals surface area contributed by atoms with Crippen LogP contribution in [-0.2, 0) is 9.59 Å². The molecular weight excluding hydrogens is 380 g/mol. The molecule has 2 saturated carbocycles. The van der Waals surface area contributed by atoms with Crippen molar-refractivity contribution in [2.45, 2.75) is 56.6 Å². The molecule has 0 saturated heterocycles. The van der Waals surface area contributed by atoms with Gasteiger partial charge in [0, 0.05) is 16.7 Å². The Morgan fingerprint density at radius 3 is 2.68 bits per heavy atom. The normalized spacial score (nSPS) is 49.7. The highest BCUT2D eigenvalue weighted by Crippen LogP contribution is 2.69. The molecule has 0 aliphatic heterocycles. The number of Topliss-reactive ketones (excluding diaryl/α,β-unsaturated/α-hetero) is 1. The zero-order chi connectivity index (χ0) is 20.7. The van der Waals surface area contributed by atoms with Gasteiger partial charge in [0.2, 0.25) is 0 Å². The Kier molecular flexibility index (Phi) is 4.20. The first-order chi connectivity index (χ1) is 13.0. The Labute approximate surface area is 169 Å². The van der Waals surface area contributed by atoms with Gasteiger partial charge in [0.25, 0.3) is 0 Å². The van der Waals surface area contributed by atoms with Crippen LogP contribution in [0, 0.1) is 22.7 Å². The predicted octanol–water partition coefficient (Wildman–Crippen LogP) is 2.09. The fourth-order valence-electron chi connectivity index (χ4n) is 6.65. The van der Waals surface area contributed by atoms with Crippen LogP contribution >= 0.6 is 11.6 Å². The minimum Gasteiger partial charge on any atom is -0.391 e. The minimum absolute atomic E-state index is 0.0992.